The number of amides is 2. The van der Waals surface area contributed by atoms with Crippen LogP contribution in [0.1, 0.15) is 50.2 Å². The Labute approximate surface area is 206 Å². The van der Waals surface area contributed by atoms with Gasteiger partial charge < -0.3 is 15.0 Å². The van der Waals surface area contributed by atoms with Gasteiger partial charge in [0.05, 0.1) is 12.9 Å². The Morgan fingerprint density at radius 2 is 1.94 bits per heavy atom. The Bertz CT molecular complexity index is 933. The summed E-state index contributed by atoms with van der Waals surface area (Å²) >= 11 is 7.78. The molecule has 0 unspecified atom stereocenters. The molecule has 0 heterocycles. The first kappa shape index (κ1) is 25.4. The van der Waals surface area contributed by atoms with Gasteiger partial charge in [0.15, 0.2) is 0 Å². The normalized spacial score (nSPS) is 14.6. The van der Waals surface area contributed by atoms with Crippen LogP contribution in [0.4, 0.5) is 0 Å². The average molecular weight is 489 g/mol. The summed E-state index contributed by atoms with van der Waals surface area (Å²) in [6.07, 6.45) is 4.88. The van der Waals surface area contributed by atoms with Crippen LogP contribution in [-0.4, -0.2) is 41.7 Å². The predicted molar refractivity (Wildman–Crippen MR) is 136 cm³/mol. The van der Waals surface area contributed by atoms with Crippen LogP contribution in [-0.2, 0) is 21.9 Å². The highest BCUT2D eigenvalue weighted by Crippen LogP contribution is 2.23. The van der Waals surface area contributed by atoms with E-state index in [1.165, 1.54) is 11.8 Å². The van der Waals surface area contributed by atoms with Crippen LogP contribution in [0.3, 0.4) is 0 Å². The highest BCUT2D eigenvalue weighted by Gasteiger charge is 2.30. The van der Waals surface area contributed by atoms with Crippen molar-refractivity contribution in [1.29, 1.82) is 0 Å². The van der Waals surface area contributed by atoms with Crippen molar-refractivity contribution in [2.24, 2.45) is 0 Å². The molecule has 5 nitrogen and oxygen atoms in total. The van der Waals surface area contributed by atoms with Gasteiger partial charge in [-0.2, -0.15) is 0 Å². The second-order valence-electron chi connectivity index (χ2n) is 8.37. The molecule has 33 heavy (non-hydrogen) atoms. The number of carbonyl (C=O) groups excluding carboxylic acids is 2. The number of carbonyl (C=O) groups is 2. The maximum Gasteiger partial charge on any atom is 0.243 e. The third-order valence-corrected chi connectivity index (χ3v) is 7.35. The number of methoxy groups -OCH3 is 1. The van der Waals surface area contributed by atoms with E-state index >= 15 is 0 Å². The number of halogens is 1. The maximum absolute atomic E-state index is 13.4. The van der Waals surface area contributed by atoms with Gasteiger partial charge in [-0.15, -0.1) is 11.8 Å². The minimum Gasteiger partial charge on any atom is -0.497 e. The number of rotatable bonds is 11. The molecular weight excluding hydrogens is 456 g/mol. The van der Waals surface area contributed by atoms with Gasteiger partial charge in [-0.05, 0) is 48.6 Å². The highest BCUT2D eigenvalue weighted by atomic mass is 35.5. The van der Waals surface area contributed by atoms with Crippen molar-refractivity contribution >= 4 is 35.2 Å². The van der Waals surface area contributed by atoms with Gasteiger partial charge in [0.2, 0.25) is 11.8 Å². The third-order valence-electron chi connectivity index (χ3n) is 6.02. The molecule has 1 atom stereocenters. The van der Waals surface area contributed by atoms with Crippen LogP contribution in [0.5, 0.6) is 5.75 Å². The van der Waals surface area contributed by atoms with Crippen LogP contribution < -0.4 is 10.1 Å². The summed E-state index contributed by atoms with van der Waals surface area (Å²) in [5.41, 5.74) is 1.94. The van der Waals surface area contributed by atoms with Crippen LogP contribution in [0.25, 0.3) is 0 Å². The van der Waals surface area contributed by atoms with Gasteiger partial charge in [0, 0.05) is 23.4 Å². The average Bonchev–Trinajstić information content (AvgIpc) is 3.33. The maximum atomic E-state index is 13.4. The number of benzene rings is 2. The Hall–Kier alpha value is -2.18. The molecule has 0 aliphatic heterocycles. The molecule has 1 fully saturated rings. The van der Waals surface area contributed by atoms with Crippen molar-refractivity contribution in [3.8, 4) is 5.75 Å². The van der Waals surface area contributed by atoms with Crippen molar-refractivity contribution in [2.45, 2.75) is 63.4 Å². The van der Waals surface area contributed by atoms with E-state index in [4.69, 9.17) is 16.3 Å². The molecule has 2 aromatic carbocycles. The molecule has 0 aromatic heterocycles. The summed E-state index contributed by atoms with van der Waals surface area (Å²) in [6, 6.07) is 15.0. The van der Waals surface area contributed by atoms with Crippen LogP contribution in [0.2, 0.25) is 5.02 Å². The van der Waals surface area contributed by atoms with Gasteiger partial charge in [0.1, 0.15) is 11.8 Å². The fourth-order valence-corrected chi connectivity index (χ4v) is 5.40. The molecule has 1 N–H and O–H groups in total. The van der Waals surface area contributed by atoms with Crippen LogP contribution >= 0.6 is 23.4 Å². The third kappa shape index (κ3) is 7.41. The topological polar surface area (TPSA) is 58.6 Å². The monoisotopic (exact) mass is 488 g/mol. The lowest BCUT2D eigenvalue weighted by Gasteiger charge is -2.31. The zero-order chi connectivity index (χ0) is 23.6. The summed E-state index contributed by atoms with van der Waals surface area (Å²) in [4.78, 5) is 28.3. The molecular formula is C26H33ClN2O3S. The van der Waals surface area contributed by atoms with Crippen LogP contribution in [0.15, 0.2) is 48.5 Å². The summed E-state index contributed by atoms with van der Waals surface area (Å²) < 4.78 is 5.35. The van der Waals surface area contributed by atoms with Crippen molar-refractivity contribution in [1.82, 2.24) is 10.2 Å². The van der Waals surface area contributed by atoms with Gasteiger partial charge >= 0.3 is 0 Å². The highest BCUT2D eigenvalue weighted by molar-refractivity contribution is 7.99. The molecule has 3 rings (SSSR count). The molecule has 7 heteroatoms. The van der Waals surface area contributed by atoms with Gasteiger partial charge in [-0.1, -0.05) is 61.7 Å². The zero-order valence-corrected chi connectivity index (χ0v) is 21.0. The van der Waals surface area contributed by atoms with Crippen molar-refractivity contribution in [2.75, 3.05) is 12.9 Å². The predicted octanol–water partition coefficient (Wildman–Crippen LogP) is 5.45. The van der Waals surface area contributed by atoms with E-state index in [1.807, 2.05) is 55.5 Å². The number of nitrogens with one attached hydrogen (secondary N) is 1. The lowest BCUT2D eigenvalue weighted by Crippen LogP contribution is -2.51. The Kier molecular flexibility index (Phi) is 9.95. The SMILES string of the molecule is CC[C@@H](C(=O)NC1CCCC1)N(Cc1cccc(OC)c1)C(=O)CSCc1ccccc1Cl. The van der Waals surface area contributed by atoms with E-state index in [-0.39, 0.29) is 23.6 Å². The van der Waals surface area contributed by atoms with E-state index in [2.05, 4.69) is 5.32 Å². The number of nitrogens with zero attached hydrogens (tertiary/aromatic N) is 1. The first-order valence-corrected chi connectivity index (χ1v) is 13.1. The van der Waals surface area contributed by atoms with E-state index in [9.17, 15) is 9.59 Å². The van der Waals surface area contributed by atoms with Crippen LogP contribution in [0, 0.1) is 0 Å². The van der Waals surface area contributed by atoms with Crippen molar-refractivity contribution < 1.29 is 14.3 Å². The largest absolute Gasteiger partial charge is 0.497 e. The van der Waals surface area contributed by atoms with Gasteiger partial charge in [-0.3, -0.25) is 9.59 Å². The lowest BCUT2D eigenvalue weighted by atomic mass is 10.1. The second kappa shape index (κ2) is 12.9. The summed E-state index contributed by atoms with van der Waals surface area (Å²) in [5.74, 6) is 1.54. The van der Waals surface area contributed by atoms with E-state index in [0.717, 1.165) is 42.6 Å². The standard InChI is InChI=1S/C26H33ClN2O3S/c1-3-24(26(31)28-21-11-5-6-12-21)29(16-19-9-8-13-22(15-19)32-2)25(30)18-33-17-20-10-4-7-14-23(20)27/h4,7-10,13-15,21,24H,3,5-6,11-12,16-18H2,1-2H3,(H,28,31)/t24-/m0/s1. The molecule has 178 valence electrons. The number of thioether (sulfide) groups is 1. The summed E-state index contributed by atoms with van der Waals surface area (Å²) in [7, 11) is 1.62. The minimum absolute atomic E-state index is 0.0525. The first-order chi connectivity index (χ1) is 16.0. The summed E-state index contributed by atoms with van der Waals surface area (Å²) in [6.45, 7) is 2.32. The van der Waals surface area contributed by atoms with E-state index < -0.39 is 6.04 Å². The lowest BCUT2D eigenvalue weighted by molar-refractivity contribution is -0.139. The molecule has 0 saturated heterocycles. The molecule has 2 aromatic rings. The number of ether oxygens (including phenoxy) is 1. The fraction of sp³-hybridized carbons (Fsp3) is 0.462. The van der Waals surface area contributed by atoms with Gasteiger partial charge in [-0.25, -0.2) is 0 Å². The molecule has 1 saturated carbocycles. The Balaban J connectivity index is 1.73. The first-order valence-electron chi connectivity index (χ1n) is 11.6. The number of hydrogen-bond acceptors (Lipinski definition) is 4. The molecule has 2 amide bonds. The van der Waals surface area contributed by atoms with E-state index in [1.54, 1.807) is 12.0 Å². The van der Waals surface area contributed by atoms with Crippen molar-refractivity contribution in [3.63, 3.8) is 0 Å². The Morgan fingerprint density at radius 1 is 1.18 bits per heavy atom. The minimum atomic E-state index is -0.509. The zero-order valence-electron chi connectivity index (χ0n) is 19.4. The second-order valence-corrected chi connectivity index (χ2v) is 9.76. The molecule has 1 aliphatic carbocycles. The van der Waals surface area contributed by atoms with Gasteiger partial charge in [0.25, 0.3) is 0 Å². The van der Waals surface area contributed by atoms with E-state index in [0.29, 0.717) is 23.7 Å². The fourth-order valence-electron chi connectivity index (χ4n) is 4.20. The summed E-state index contributed by atoms with van der Waals surface area (Å²) in [5, 5.41) is 3.88. The smallest absolute Gasteiger partial charge is 0.243 e. The van der Waals surface area contributed by atoms with Crippen molar-refractivity contribution in [3.05, 3.63) is 64.7 Å². The molecule has 0 spiro atoms. The quantitative estimate of drug-likeness (QED) is 0.457. The number of hydrogen-bond donors (Lipinski definition) is 1. The molecule has 0 radical (unpaired) electrons. The molecule has 0 bridgehead atoms. The Morgan fingerprint density at radius 3 is 2.64 bits per heavy atom. The molecule has 1 aliphatic rings.